The van der Waals surface area contributed by atoms with E-state index < -0.39 is 4.92 Å². The number of nitrogens with zero attached hydrogens (tertiary/aromatic N) is 4. The molecule has 25 heavy (non-hydrogen) atoms. The highest BCUT2D eigenvalue weighted by molar-refractivity contribution is 7.99. The van der Waals surface area contributed by atoms with E-state index in [1.54, 1.807) is 12.1 Å². The smallest absolute Gasteiger partial charge is 0.269 e. The number of thioether (sulfide) groups is 1. The lowest BCUT2D eigenvalue weighted by atomic mass is 10.1. The van der Waals surface area contributed by atoms with Crippen LogP contribution in [0.4, 0.5) is 5.69 Å². The number of aromatic nitrogens is 3. The van der Waals surface area contributed by atoms with Gasteiger partial charge in [-0.15, -0.1) is 10.2 Å². The maximum Gasteiger partial charge on any atom is 0.269 e. The zero-order valence-corrected chi connectivity index (χ0v) is 13.7. The Balaban J connectivity index is 1.68. The number of benzene rings is 2. The summed E-state index contributed by atoms with van der Waals surface area (Å²) in [6, 6.07) is 15.8. The minimum absolute atomic E-state index is 0.00743. The van der Waals surface area contributed by atoms with Crippen LogP contribution in [0.2, 0.25) is 0 Å². The molecular formula is C17H12N4O3S. The van der Waals surface area contributed by atoms with E-state index in [2.05, 4.69) is 10.2 Å². The molecule has 0 amide bonds. The Morgan fingerprint density at radius 2 is 1.80 bits per heavy atom. The van der Waals surface area contributed by atoms with Crippen molar-refractivity contribution < 1.29 is 9.72 Å². The summed E-state index contributed by atoms with van der Waals surface area (Å²) < 4.78 is 1.49. The highest BCUT2D eigenvalue weighted by Gasteiger charge is 2.31. The second-order valence-corrected chi connectivity index (χ2v) is 6.73. The third-order valence-electron chi connectivity index (χ3n) is 4.00. The molecule has 124 valence electrons. The molecule has 4 rings (SSSR count). The molecule has 2 aromatic carbocycles. The lowest BCUT2D eigenvalue weighted by Gasteiger charge is -2.22. The first-order chi connectivity index (χ1) is 12.1. The van der Waals surface area contributed by atoms with Crippen molar-refractivity contribution in [1.82, 2.24) is 14.8 Å². The van der Waals surface area contributed by atoms with Crippen LogP contribution in [0.1, 0.15) is 22.0 Å². The summed E-state index contributed by atoms with van der Waals surface area (Å²) in [5.74, 6) is 0.329. The number of nitro groups is 1. The van der Waals surface area contributed by atoms with E-state index in [1.165, 1.54) is 28.5 Å². The van der Waals surface area contributed by atoms with Crippen molar-refractivity contribution in [3.05, 3.63) is 70.3 Å². The average molecular weight is 352 g/mol. The third-order valence-corrected chi connectivity index (χ3v) is 5.20. The number of non-ortho nitro benzene ring substituents is 1. The molecule has 3 aromatic rings. The Bertz CT molecular complexity index is 954. The second kappa shape index (κ2) is 6.14. The summed E-state index contributed by atoms with van der Waals surface area (Å²) in [5.41, 5.74) is 1.69. The molecule has 0 spiro atoms. The number of fused-ring (bicyclic) bond motifs is 1. The Kier molecular flexibility index (Phi) is 3.81. The van der Waals surface area contributed by atoms with Gasteiger partial charge in [0.25, 0.3) is 5.69 Å². The van der Waals surface area contributed by atoms with Crippen LogP contribution in [0.3, 0.4) is 0 Å². The minimum Gasteiger partial charge on any atom is -0.274 e. The first-order valence-electron chi connectivity index (χ1n) is 7.58. The van der Waals surface area contributed by atoms with Crippen LogP contribution < -0.4 is 0 Å². The molecule has 1 unspecified atom stereocenters. The maximum atomic E-state index is 12.7. The van der Waals surface area contributed by atoms with Crippen molar-refractivity contribution in [3.8, 4) is 11.4 Å². The molecule has 1 atom stereocenters. The molecule has 2 heterocycles. The lowest BCUT2D eigenvalue weighted by Crippen LogP contribution is -2.20. The zero-order valence-electron chi connectivity index (χ0n) is 12.9. The van der Waals surface area contributed by atoms with E-state index in [9.17, 15) is 14.9 Å². The van der Waals surface area contributed by atoms with Crippen molar-refractivity contribution in [1.29, 1.82) is 0 Å². The summed E-state index contributed by atoms with van der Waals surface area (Å²) in [5, 5.41) is 19.6. The molecule has 0 saturated carbocycles. The molecule has 1 aromatic heterocycles. The maximum absolute atomic E-state index is 12.7. The molecule has 0 saturated heterocycles. The van der Waals surface area contributed by atoms with Gasteiger partial charge in [-0.1, -0.05) is 42.1 Å². The van der Waals surface area contributed by atoms with Gasteiger partial charge in [0.1, 0.15) is 0 Å². The van der Waals surface area contributed by atoms with Gasteiger partial charge in [0.15, 0.2) is 11.0 Å². The summed E-state index contributed by atoms with van der Waals surface area (Å²) in [7, 11) is 0. The molecule has 8 heteroatoms. The van der Waals surface area contributed by atoms with Crippen molar-refractivity contribution >= 4 is 23.4 Å². The highest BCUT2D eigenvalue weighted by Crippen LogP contribution is 2.42. The van der Waals surface area contributed by atoms with Crippen LogP contribution in [0.5, 0.6) is 0 Å². The molecule has 7 nitrogen and oxygen atoms in total. The predicted molar refractivity (Wildman–Crippen MR) is 92.4 cm³/mol. The fourth-order valence-electron chi connectivity index (χ4n) is 2.76. The predicted octanol–water partition coefficient (Wildman–Crippen LogP) is 3.73. The van der Waals surface area contributed by atoms with Gasteiger partial charge < -0.3 is 0 Å². The van der Waals surface area contributed by atoms with E-state index in [-0.39, 0.29) is 16.8 Å². The SMILES string of the molecule is O=C1CC(c2ccccc2)Sc2nnc(-c3ccc([N+](=O)[O-])cc3)n21. The van der Waals surface area contributed by atoms with E-state index >= 15 is 0 Å². The Morgan fingerprint density at radius 1 is 1.08 bits per heavy atom. The molecule has 0 fully saturated rings. The van der Waals surface area contributed by atoms with Gasteiger partial charge in [-0.2, -0.15) is 0 Å². The van der Waals surface area contributed by atoms with Gasteiger partial charge >= 0.3 is 0 Å². The fraction of sp³-hybridized carbons (Fsp3) is 0.118. The van der Waals surface area contributed by atoms with Crippen molar-refractivity contribution in [2.24, 2.45) is 0 Å². The summed E-state index contributed by atoms with van der Waals surface area (Å²) >= 11 is 1.50. The van der Waals surface area contributed by atoms with E-state index in [0.29, 0.717) is 23.0 Å². The zero-order chi connectivity index (χ0) is 17.4. The summed E-state index contributed by atoms with van der Waals surface area (Å²) in [4.78, 5) is 23.0. The minimum atomic E-state index is -0.464. The standard InChI is InChI=1S/C17H12N4O3S/c22-15-10-14(11-4-2-1-3-5-11)25-17-19-18-16(20(15)17)12-6-8-13(9-7-12)21(23)24/h1-9,14H,10H2. The van der Waals surface area contributed by atoms with Crippen molar-refractivity contribution in [3.63, 3.8) is 0 Å². The number of nitro benzene ring substituents is 1. The topological polar surface area (TPSA) is 90.9 Å². The van der Waals surface area contributed by atoms with Crippen LogP contribution >= 0.6 is 11.8 Å². The molecule has 1 aliphatic heterocycles. The van der Waals surface area contributed by atoms with Crippen LogP contribution in [0.25, 0.3) is 11.4 Å². The van der Waals surface area contributed by atoms with Gasteiger partial charge in [0.2, 0.25) is 5.91 Å². The summed E-state index contributed by atoms with van der Waals surface area (Å²) in [6.07, 6.45) is 0.347. The lowest BCUT2D eigenvalue weighted by molar-refractivity contribution is -0.384. The number of hydrogen-bond acceptors (Lipinski definition) is 6. The molecule has 0 radical (unpaired) electrons. The summed E-state index contributed by atoms with van der Waals surface area (Å²) in [6.45, 7) is 0. The molecule has 0 bridgehead atoms. The first-order valence-corrected chi connectivity index (χ1v) is 8.46. The third kappa shape index (κ3) is 2.80. The Hall–Kier alpha value is -3.00. The number of carbonyl (C=O) groups is 1. The quantitative estimate of drug-likeness (QED) is 0.527. The Labute approximate surface area is 146 Å². The van der Waals surface area contributed by atoms with Crippen LogP contribution in [-0.2, 0) is 0 Å². The van der Waals surface area contributed by atoms with Crippen molar-refractivity contribution in [2.45, 2.75) is 16.8 Å². The van der Waals surface area contributed by atoms with Gasteiger partial charge in [-0.3, -0.25) is 14.9 Å². The van der Waals surface area contributed by atoms with E-state index in [1.807, 2.05) is 30.3 Å². The molecule has 1 aliphatic rings. The van der Waals surface area contributed by atoms with E-state index in [4.69, 9.17) is 0 Å². The average Bonchev–Trinajstić information content (AvgIpc) is 3.07. The largest absolute Gasteiger partial charge is 0.274 e. The number of carbonyl (C=O) groups excluding carboxylic acids is 1. The monoisotopic (exact) mass is 352 g/mol. The van der Waals surface area contributed by atoms with Crippen molar-refractivity contribution in [2.75, 3.05) is 0 Å². The number of hydrogen-bond donors (Lipinski definition) is 0. The van der Waals surface area contributed by atoms with Gasteiger partial charge in [-0.25, -0.2) is 4.57 Å². The second-order valence-electron chi connectivity index (χ2n) is 5.56. The first kappa shape index (κ1) is 15.5. The van der Waals surface area contributed by atoms with Gasteiger partial charge in [0, 0.05) is 29.4 Å². The molecule has 0 N–H and O–H groups in total. The van der Waals surface area contributed by atoms with Gasteiger partial charge in [-0.05, 0) is 17.7 Å². The van der Waals surface area contributed by atoms with E-state index in [0.717, 1.165) is 5.56 Å². The number of rotatable bonds is 3. The van der Waals surface area contributed by atoms with Crippen LogP contribution in [-0.4, -0.2) is 25.6 Å². The van der Waals surface area contributed by atoms with Gasteiger partial charge in [0.05, 0.1) is 4.92 Å². The van der Waals surface area contributed by atoms with Crippen LogP contribution in [0.15, 0.2) is 59.8 Å². The van der Waals surface area contributed by atoms with Crippen LogP contribution in [0, 0.1) is 10.1 Å². The normalized spacial score (nSPS) is 16.5. The molecule has 0 aliphatic carbocycles. The fourth-order valence-corrected chi connectivity index (χ4v) is 3.92. The highest BCUT2D eigenvalue weighted by atomic mass is 32.2. The molecular weight excluding hydrogens is 340 g/mol. The Morgan fingerprint density at radius 3 is 2.48 bits per heavy atom.